The Labute approximate surface area is 222 Å². The van der Waals surface area contributed by atoms with Gasteiger partial charge in [-0.2, -0.15) is 0 Å². The number of carbonyl (C=O) groups is 4. The maximum Gasteiger partial charge on any atom is 0.251 e. The number of hydrogen-bond donors (Lipinski definition) is 3. The predicted molar refractivity (Wildman–Crippen MR) is 141 cm³/mol. The lowest BCUT2D eigenvalue weighted by Crippen LogP contribution is -2.53. The molecule has 3 amide bonds. The minimum Gasteiger partial charge on any atom is -0.488 e. The molecule has 1 aromatic rings. The van der Waals surface area contributed by atoms with E-state index >= 15 is 0 Å². The highest BCUT2D eigenvalue weighted by atomic mass is 35.5. The number of fused-ring (bicyclic) bond motifs is 1. The number of carbonyl (C=O) groups excluding carboxylic acids is 4. The van der Waals surface area contributed by atoms with Crippen LogP contribution in [0.2, 0.25) is 5.02 Å². The fourth-order valence-electron chi connectivity index (χ4n) is 5.46. The Morgan fingerprint density at radius 3 is 2.57 bits per heavy atom. The fraction of sp³-hybridized carbons (Fsp3) is 0.571. The molecule has 3 atom stereocenters. The maximum atomic E-state index is 13.5. The lowest BCUT2D eigenvalue weighted by molar-refractivity contribution is -0.132. The number of hydrogen-bond acceptors (Lipinski definition) is 5. The SMILES string of the molecule is CC(=O)C(CC1CCCNC1=O)NC(=O)C(CC1CCCCC1)NC(=O)C1=Cc2cc(Cl)ccc2OC1. The number of rotatable bonds is 9. The molecule has 1 aliphatic carbocycles. The topological polar surface area (TPSA) is 114 Å². The lowest BCUT2D eigenvalue weighted by atomic mass is 9.84. The Kier molecular flexibility index (Phi) is 9.24. The molecule has 4 rings (SSSR count). The van der Waals surface area contributed by atoms with Crippen molar-refractivity contribution in [2.45, 2.75) is 76.8 Å². The third-order valence-corrected chi connectivity index (χ3v) is 7.85. The van der Waals surface area contributed by atoms with Crippen LogP contribution in [0.1, 0.15) is 70.3 Å². The van der Waals surface area contributed by atoms with Gasteiger partial charge in [0.1, 0.15) is 18.4 Å². The van der Waals surface area contributed by atoms with E-state index < -0.39 is 18.0 Å². The van der Waals surface area contributed by atoms with E-state index in [0.717, 1.165) is 32.1 Å². The zero-order chi connectivity index (χ0) is 26.4. The van der Waals surface area contributed by atoms with Gasteiger partial charge in [-0.05, 0) is 62.8 Å². The number of ketones is 1. The van der Waals surface area contributed by atoms with Gasteiger partial charge in [-0.25, -0.2) is 0 Å². The molecule has 200 valence electrons. The van der Waals surface area contributed by atoms with Crippen molar-refractivity contribution < 1.29 is 23.9 Å². The molecule has 3 unspecified atom stereocenters. The van der Waals surface area contributed by atoms with Crippen molar-refractivity contribution in [3.8, 4) is 5.75 Å². The molecule has 2 heterocycles. The molecule has 0 aromatic heterocycles. The Hall–Kier alpha value is -2.87. The van der Waals surface area contributed by atoms with E-state index in [0.29, 0.717) is 47.2 Å². The molecular weight excluding hydrogens is 494 g/mol. The van der Waals surface area contributed by atoms with Gasteiger partial charge in [0.2, 0.25) is 11.8 Å². The highest BCUT2D eigenvalue weighted by molar-refractivity contribution is 6.30. The van der Waals surface area contributed by atoms with Crippen LogP contribution < -0.4 is 20.7 Å². The van der Waals surface area contributed by atoms with Gasteiger partial charge in [-0.15, -0.1) is 0 Å². The van der Waals surface area contributed by atoms with Crippen molar-refractivity contribution in [3.63, 3.8) is 0 Å². The Morgan fingerprint density at radius 2 is 1.84 bits per heavy atom. The van der Waals surface area contributed by atoms with Crippen molar-refractivity contribution >= 4 is 41.2 Å². The molecule has 1 aromatic carbocycles. The van der Waals surface area contributed by atoms with Crippen LogP contribution in [0.5, 0.6) is 5.75 Å². The Morgan fingerprint density at radius 1 is 1.05 bits per heavy atom. The fourth-order valence-corrected chi connectivity index (χ4v) is 5.64. The van der Waals surface area contributed by atoms with Gasteiger partial charge in [-0.1, -0.05) is 43.7 Å². The monoisotopic (exact) mass is 529 g/mol. The summed E-state index contributed by atoms with van der Waals surface area (Å²) in [4.78, 5) is 51.4. The largest absolute Gasteiger partial charge is 0.488 e. The van der Waals surface area contributed by atoms with E-state index in [1.807, 2.05) is 0 Å². The van der Waals surface area contributed by atoms with E-state index in [-0.39, 0.29) is 36.5 Å². The molecule has 3 N–H and O–H groups in total. The first-order chi connectivity index (χ1) is 17.8. The number of amides is 3. The maximum absolute atomic E-state index is 13.5. The summed E-state index contributed by atoms with van der Waals surface area (Å²) < 4.78 is 5.72. The first kappa shape index (κ1) is 27.2. The molecule has 0 spiro atoms. The predicted octanol–water partition coefficient (Wildman–Crippen LogP) is 3.56. The molecule has 1 saturated heterocycles. The second kappa shape index (κ2) is 12.6. The van der Waals surface area contributed by atoms with Crippen LogP contribution in [0, 0.1) is 11.8 Å². The van der Waals surface area contributed by atoms with E-state index in [4.69, 9.17) is 16.3 Å². The molecule has 8 nitrogen and oxygen atoms in total. The number of Topliss-reactive ketones (excluding diaryl/α,β-unsaturated/α-hetero) is 1. The van der Waals surface area contributed by atoms with Gasteiger partial charge < -0.3 is 20.7 Å². The normalized spacial score (nSPS) is 21.4. The van der Waals surface area contributed by atoms with Crippen molar-refractivity contribution in [1.29, 1.82) is 0 Å². The van der Waals surface area contributed by atoms with Crippen LogP contribution >= 0.6 is 11.6 Å². The minimum absolute atomic E-state index is 0.0802. The van der Waals surface area contributed by atoms with Crippen molar-refractivity contribution in [2.75, 3.05) is 13.2 Å². The third-order valence-electron chi connectivity index (χ3n) is 7.62. The average molecular weight is 530 g/mol. The van der Waals surface area contributed by atoms with Gasteiger partial charge in [-0.3, -0.25) is 19.2 Å². The van der Waals surface area contributed by atoms with Crippen LogP contribution in [0.4, 0.5) is 0 Å². The van der Waals surface area contributed by atoms with E-state index in [1.165, 1.54) is 13.3 Å². The molecule has 0 bridgehead atoms. The van der Waals surface area contributed by atoms with Crippen LogP contribution in [-0.4, -0.2) is 48.7 Å². The highest BCUT2D eigenvalue weighted by Gasteiger charge is 2.32. The molecule has 2 fully saturated rings. The van der Waals surface area contributed by atoms with E-state index in [9.17, 15) is 19.2 Å². The summed E-state index contributed by atoms with van der Waals surface area (Å²) in [6.07, 6.45) is 9.44. The van der Waals surface area contributed by atoms with Crippen molar-refractivity contribution in [1.82, 2.24) is 16.0 Å². The van der Waals surface area contributed by atoms with Crippen molar-refractivity contribution in [3.05, 3.63) is 34.4 Å². The van der Waals surface area contributed by atoms with Crippen molar-refractivity contribution in [2.24, 2.45) is 11.8 Å². The first-order valence-electron chi connectivity index (χ1n) is 13.3. The number of benzene rings is 1. The average Bonchev–Trinajstić information content (AvgIpc) is 2.89. The summed E-state index contributed by atoms with van der Waals surface area (Å²) in [6.45, 7) is 2.15. The van der Waals surface area contributed by atoms with Crippen LogP contribution in [-0.2, 0) is 19.2 Å². The summed E-state index contributed by atoms with van der Waals surface area (Å²) in [5.41, 5.74) is 1.11. The quantitative estimate of drug-likeness (QED) is 0.452. The summed E-state index contributed by atoms with van der Waals surface area (Å²) >= 11 is 6.10. The zero-order valence-electron chi connectivity index (χ0n) is 21.3. The van der Waals surface area contributed by atoms with E-state index in [1.54, 1.807) is 24.3 Å². The van der Waals surface area contributed by atoms with Crippen LogP contribution in [0.25, 0.3) is 6.08 Å². The standard InChI is InChI=1S/C28H36ClN3O5/c1-17(33)23(15-19-8-5-11-30-26(19)34)31-28(36)24(12-18-6-3-2-4-7-18)32-27(35)21-13-20-14-22(29)9-10-25(20)37-16-21/h9-10,13-14,18-19,23-24H,2-8,11-12,15-16H2,1H3,(H,30,34)(H,31,36)(H,32,35). The summed E-state index contributed by atoms with van der Waals surface area (Å²) in [6, 6.07) is 3.65. The zero-order valence-corrected chi connectivity index (χ0v) is 22.1. The summed E-state index contributed by atoms with van der Waals surface area (Å²) in [7, 11) is 0. The first-order valence-corrected chi connectivity index (χ1v) is 13.7. The molecule has 1 saturated carbocycles. The number of halogens is 1. The smallest absolute Gasteiger partial charge is 0.251 e. The second-order valence-corrected chi connectivity index (χ2v) is 10.9. The highest BCUT2D eigenvalue weighted by Crippen LogP contribution is 2.30. The molecule has 37 heavy (non-hydrogen) atoms. The molecule has 2 aliphatic heterocycles. The van der Waals surface area contributed by atoms with E-state index in [2.05, 4.69) is 16.0 Å². The second-order valence-electron chi connectivity index (χ2n) is 10.4. The number of nitrogens with one attached hydrogen (secondary N) is 3. The van der Waals surface area contributed by atoms with Crippen LogP contribution in [0.15, 0.2) is 23.8 Å². The molecule has 0 radical (unpaired) electrons. The third kappa shape index (κ3) is 7.34. The van der Waals surface area contributed by atoms with Gasteiger partial charge in [0.15, 0.2) is 5.78 Å². The lowest BCUT2D eigenvalue weighted by Gasteiger charge is -2.30. The Bertz CT molecular complexity index is 1070. The Balaban J connectivity index is 1.47. The molecular formula is C28H36ClN3O5. The summed E-state index contributed by atoms with van der Waals surface area (Å²) in [5, 5.41) is 9.14. The van der Waals surface area contributed by atoms with Gasteiger partial charge >= 0.3 is 0 Å². The molecule has 9 heteroatoms. The van der Waals surface area contributed by atoms with Gasteiger partial charge in [0.05, 0.1) is 11.6 Å². The van der Waals surface area contributed by atoms with Gasteiger partial charge in [0, 0.05) is 23.0 Å². The van der Waals surface area contributed by atoms with Gasteiger partial charge in [0.25, 0.3) is 5.91 Å². The van der Waals surface area contributed by atoms with Crippen LogP contribution in [0.3, 0.4) is 0 Å². The minimum atomic E-state index is -0.792. The molecule has 3 aliphatic rings. The summed E-state index contributed by atoms with van der Waals surface area (Å²) in [5.74, 6) is -0.404. The number of piperidine rings is 1. The number of ether oxygens (including phenoxy) is 1.